The number of hydrogen-bond donors (Lipinski definition) is 2. The Morgan fingerprint density at radius 3 is 2.32 bits per heavy atom. The molecule has 0 fully saturated rings. The number of pyridine rings is 1. The Bertz CT molecular complexity index is 1180. The number of nitrogens with zero attached hydrogens (tertiary/aromatic N) is 1. The highest BCUT2D eigenvalue weighted by Gasteiger charge is 2.19. The van der Waals surface area contributed by atoms with Gasteiger partial charge in [0, 0.05) is 23.6 Å². The van der Waals surface area contributed by atoms with Crippen molar-refractivity contribution in [3.8, 4) is 16.8 Å². The number of nitrogens with one attached hydrogen (secondary N) is 2. The van der Waals surface area contributed by atoms with Crippen LogP contribution in [0.5, 0.6) is 0 Å². The maximum Gasteiger partial charge on any atom is 0.319 e. The number of hydrogen-bond acceptors (Lipinski definition) is 3. The Morgan fingerprint density at radius 2 is 1.64 bits per heavy atom. The van der Waals surface area contributed by atoms with Gasteiger partial charge in [-0.3, -0.25) is 14.7 Å². The Morgan fingerprint density at radius 1 is 0.964 bits per heavy atom. The summed E-state index contributed by atoms with van der Waals surface area (Å²) in [7, 11) is 0. The topological polar surface area (TPSA) is 63.1 Å². The highest BCUT2D eigenvalue weighted by molar-refractivity contribution is 7.23. The minimum atomic E-state index is -0.264. The third-order valence-corrected chi connectivity index (χ3v) is 5.49. The standard InChI is InChI=1S/C22H19N3O2S/c1-2-23-22(27)24-20-19(15-9-5-3-6-10-15)17-13-14-18(26)25(21(17)28-20)16-11-7-4-8-12-16/h3-14H,2H2,1H3,(H2,23,24,27). The third kappa shape index (κ3) is 3.30. The molecule has 0 saturated carbocycles. The van der Waals surface area contributed by atoms with Crippen LogP contribution < -0.4 is 16.2 Å². The van der Waals surface area contributed by atoms with Crippen molar-refractivity contribution in [1.82, 2.24) is 9.88 Å². The zero-order valence-corrected chi connectivity index (χ0v) is 16.1. The van der Waals surface area contributed by atoms with E-state index in [1.807, 2.05) is 73.7 Å². The molecule has 2 amide bonds. The van der Waals surface area contributed by atoms with Gasteiger partial charge in [0.1, 0.15) is 9.83 Å². The van der Waals surface area contributed by atoms with E-state index < -0.39 is 0 Å². The number of benzene rings is 2. The molecule has 2 heterocycles. The molecular formula is C22H19N3O2S. The lowest BCUT2D eigenvalue weighted by molar-refractivity contribution is 0.252. The summed E-state index contributed by atoms with van der Waals surface area (Å²) in [5, 5.41) is 7.35. The van der Waals surface area contributed by atoms with Crippen LogP contribution >= 0.6 is 11.3 Å². The molecule has 0 atom stereocenters. The molecular weight excluding hydrogens is 370 g/mol. The van der Waals surface area contributed by atoms with Crippen molar-refractivity contribution in [3.63, 3.8) is 0 Å². The van der Waals surface area contributed by atoms with E-state index in [2.05, 4.69) is 10.6 Å². The van der Waals surface area contributed by atoms with E-state index in [4.69, 9.17) is 0 Å². The van der Waals surface area contributed by atoms with Gasteiger partial charge in [-0.2, -0.15) is 0 Å². The smallest absolute Gasteiger partial charge is 0.319 e. The number of thiophene rings is 1. The molecule has 4 rings (SSSR count). The molecule has 0 aliphatic rings. The quantitative estimate of drug-likeness (QED) is 0.523. The Hall–Kier alpha value is -3.38. The summed E-state index contributed by atoms with van der Waals surface area (Å²) in [5.74, 6) is 0. The molecule has 0 saturated heterocycles. The van der Waals surface area contributed by atoms with E-state index in [9.17, 15) is 9.59 Å². The zero-order valence-electron chi connectivity index (χ0n) is 15.3. The molecule has 2 N–H and O–H groups in total. The van der Waals surface area contributed by atoms with E-state index in [-0.39, 0.29) is 11.6 Å². The van der Waals surface area contributed by atoms with Crippen LogP contribution in [0.1, 0.15) is 6.92 Å². The lowest BCUT2D eigenvalue weighted by Crippen LogP contribution is -2.27. The average Bonchev–Trinajstić information content (AvgIpc) is 3.07. The predicted octanol–water partition coefficient (Wildman–Crippen LogP) is 4.86. The van der Waals surface area contributed by atoms with Crippen molar-refractivity contribution in [2.45, 2.75) is 6.92 Å². The number of para-hydroxylation sites is 1. The lowest BCUT2D eigenvalue weighted by Gasteiger charge is -2.08. The van der Waals surface area contributed by atoms with Crippen LogP contribution in [-0.4, -0.2) is 17.1 Å². The van der Waals surface area contributed by atoms with Crippen LogP contribution in [-0.2, 0) is 0 Å². The van der Waals surface area contributed by atoms with E-state index in [0.29, 0.717) is 11.5 Å². The van der Waals surface area contributed by atoms with Gasteiger partial charge in [0.15, 0.2) is 0 Å². The van der Waals surface area contributed by atoms with Crippen LogP contribution in [0, 0.1) is 0 Å². The van der Waals surface area contributed by atoms with Crippen molar-refractivity contribution in [1.29, 1.82) is 0 Å². The highest BCUT2D eigenvalue weighted by Crippen LogP contribution is 2.42. The Kier molecular flexibility index (Phi) is 4.95. The molecule has 0 bridgehead atoms. The van der Waals surface area contributed by atoms with Gasteiger partial charge in [-0.1, -0.05) is 59.9 Å². The summed E-state index contributed by atoms with van der Waals surface area (Å²) < 4.78 is 1.69. The summed E-state index contributed by atoms with van der Waals surface area (Å²) in [4.78, 5) is 25.7. The maximum absolute atomic E-state index is 12.7. The predicted molar refractivity (Wildman–Crippen MR) is 116 cm³/mol. The monoisotopic (exact) mass is 389 g/mol. The molecule has 2 aromatic heterocycles. The summed E-state index contributed by atoms with van der Waals surface area (Å²) >= 11 is 1.40. The number of rotatable bonds is 4. The second kappa shape index (κ2) is 7.70. The maximum atomic E-state index is 12.7. The fourth-order valence-corrected chi connectivity index (χ4v) is 4.42. The minimum Gasteiger partial charge on any atom is -0.338 e. The van der Waals surface area contributed by atoms with E-state index >= 15 is 0 Å². The van der Waals surface area contributed by atoms with Crippen LogP contribution in [0.4, 0.5) is 9.80 Å². The van der Waals surface area contributed by atoms with E-state index in [1.54, 1.807) is 10.6 Å². The van der Waals surface area contributed by atoms with Crippen LogP contribution in [0.15, 0.2) is 77.6 Å². The normalized spacial score (nSPS) is 10.8. The fourth-order valence-electron chi connectivity index (χ4n) is 3.19. The summed E-state index contributed by atoms with van der Waals surface area (Å²) in [5.41, 5.74) is 2.59. The first-order valence-electron chi connectivity index (χ1n) is 9.03. The van der Waals surface area contributed by atoms with Crippen LogP contribution in [0.25, 0.3) is 27.0 Å². The fraction of sp³-hybridized carbons (Fsp3) is 0.0909. The molecule has 0 aliphatic heterocycles. The third-order valence-electron chi connectivity index (χ3n) is 4.38. The van der Waals surface area contributed by atoms with Crippen molar-refractivity contribution >= 4 is 32.6 Å². The van der Waals surface area contributed by atoms with Crippen LogP contribution in [0.3, 0.4) is 0 Å². The van der Waals surface area contributed by atoms with Gasteiger partial charge in [0.2, 0.25) is 0 Å². The molecule has 2 aromatic carbocycles. The van der Waals surface area contributed by atoms with E-state index in [0.717, 1.165) is 27.0 Å². The number of amides is 2. The lowest BCUT2D eigenvalue weighted by atomic mass is 10.0. The first-order valence-corrected chi connectivity index (χ1v) is 9.85. The number of anilines is 1. The average molecular weight is 389 g/mol. The molecule has 6 heteroatoms. The van der Waals surface area contributed by atoms with Gasteiger partial charge >= 0.3 is 6.03 Å². The van der Waals surface area contributed by atoms with E-state index in [1.165, 1.54) is 11.3 Å². The Labute approximate surface area is 166 Å². The SMILES string of the molecule is CCNC(=O)Nc1sc2c(ccc(=O)n2-c2ccccc2)c1-c1ccccc1. The number of aromatic nitrogens is 1. The van der Waals surface area contributed by atoms with Gasteiger partial charge in [-0.25, -0.2) is 4.79 Å². The van der Waals surface area contributed by atoms with Crippen molar-refractivity contribution in [3.05, 3.63) is 83.2 Å². The summed E-state index contributed by atoms with van der Waals surface area (Å²) in [6.07, 6.45) is 0. The van der Waals surface area contributed by atoms with Crippen molar-refractivity contribution in [2.24, 2.45) is 0 Å². The highest BCUT2D eigenvalue weighted by atomic mass is 32.1. The molecule has 4 aromatic rings. The van der Waals surface area contributed by atoms with Gasteiger partial charge in [-0.05, 0) is 30.7 Å². The number of carbonyl (C=O) groups excluding carboxylic acids is 1. The van der Waals surface area contributed by atoms with Gasteiger partial charge in [0.25, 0.3) is 5.56 Å². The number of carbonyl (C=O) groups is 1. The molecule has 140 valence electrons. The largest absolute Gasteiger partial charge is 0.338 e. The number of fused-ring (bicyclic) bond motifs is 1. The summed E-state index contributed by atoms with van der Waals surface area (Å²) in [6.45, 7) is 2.40. The van der Waals surface area contributed by atoms with Gasteiger partial charge < -0.3 is 5.32 Å². The molecule has 28 heavy (non-hydrogen) atoms. The molecule has 0 radical (unpaired) electrons. The Balaban J connectivity index is 2.00. The molecule has 0 unspecified atom stereocenters. The second-order valence-corrected chi connectivity index (χ2v) is 7.22. The molecule has 0 spiro atoms. The second-order valence-electron chi connectivity index (χ2n) is 6.22. The molecule has 5 nitrogen and oxygen atoms in total. The first kappa shape index (κ1) is 18.0. The van der Waals surface area contributed by atoms with Crippen molar-refractivity contribution in [2.75, 3.05) is 11.9 Å². The van der Waals surface area contributed by atoms with Crippen LogP contribution in [0.2, 0.25) is 0 Å². The summed E-state index contributed by atoms with van der Waals surface area (Å²) in [6, 6.07) is 22.5. The zero-order chi connectivity index (χ0) is 19.5. The minimum absolute atomic E-state index is 0.107. The molecule has 0 aliphatic carbocycles. The first-order chi connectivity index (χ1) is 13.7. The number of urea groups is 1. The van der Waals surface area contributed by atoms with Crippen molar-refractivity contribution < 1.29 is 4.79 Å². The van der Waals surface area contributed by atoms with Gasteiger partial charge in [0.05, 0.1) is 5.69 Å². The van der Waals surface area contributed by atoms with Gasteiger partial charge in [-0.15, -0.1) is 0 Å².